The van der Waals surface area contributed by atoms with E-state index < -0.39 is 25.7 Å². The van der Waals surface area contributed by atoms with E-state index in [1.165, 1.54) is 6.20 Å². The van der Waals surface area contributed by atoms with Crippen LogP contribution in [0.4, 0.5) is 5.82 Å². The van der Waals surface area contributed by atoms with Crippen molar-refractivity contribution in [3.8, 4) is 5.88 Å². The Balaban J connectivity index is 3.01. The highest BCUT2D eigenvalue weighted by Gasteiger charge is 1.93. The summed E-state index contributed by atoms with van der Waals surface area (Å²) >= 11 is 0. The van der Waals surface area contributed by atoms with Crippen LogP contribution in [-0.2, 0) is 0 Å². The molecule has 2 N–H and O–H groups in total. The minimum absolute atomic E-state index is 0.0576. The number of hydrogen-bond donors (Lipinski definition) is 1. The molecule has 11 heavy (non-hydrogen) atoms. The van der Waals surface area contributed by atoms with Gasteiger partial charge in [-0.3, -0.25) is 4.98 Å². The van der Waals surface area contributed by atoms with E-state index in [1.54, 1.807) is 0 Å². The van der Waals surface area contributed by atoms with Gasteiger partial charge >= 0.3 is 0 Å². The van der Waals surface area contributed by atoms with E-state index in [-0.39, 0.29) is 5.82 Å². The molecular formula is C7H11N3O. The molecule has 0 saturated heterocycles. The van der Waals surface area contributed by atoms with Gasteiger partial charge in [0.2, 0.25) is 5.88 Å². The topological polar surface area (TPSA) is 61.0 Å². The molecule has 0 saturated carbocycles. The van der Waals surface area contributed by atoms with Gasteiger partial charge in [0.15, 0.2) is 0 Å². The van der Waals surface area contributed by atoms with Crippen LogP contribution in [-0.4, -0.2) is 16.5 Å². The maximum absolute atomic E-state index is 7.39. The highest BCUT2D eigenvalue weighted by atomic mass is 16.5. The van der Waals surface area contributed by atoms with E-state index in [4.69, 9.17) is 15.3 Å². The molecule has 1 aromatic rings. The van der Waals surface area contributed by atoms with Crippen LogP contribution in [0.15, 0.2) is 12.4 Å². The summed E-state index contributed by atoms with van der Waals surface area (Å²) < 4.78 is 54.9. The molecule has 0 aliphatic carbocycles. The first-order valence-corrected chi connectivity index (χ1v) is 2.74. The number of hydrogen-bond acceptors (Lipinski definition) is 4. The van der Waals surface area contributed by atoms with Crippen molar-refractivity contribution >= 4 is 5.82 Å². The van der Waals surface area contributed by atoms with Crippen molar-refractivity contribution < 1.29 is 14.3 Å². The Bertz CT molecular complexity index is 433. The molecule has 0 atom stereocenters. The number of aromatic nitrogens is 2. The summed E-state index contributed by atoms with van der Waals surface area (Å²) in [7, 11) is 0. The van der Waals surface area contributed by atoms with Crippen molar-refractivity contribution in [3.63, 3.8) is 0 Å². The Kier molecular flexibility index (Phi) is 0.894. The summed E-state index contributed by atoms with van der Waals surface area (Å²) in [5, 5.41) is 0. The minimum Gasteiger partial charge on any atom is -0.477 e. The highest BCUT2D eigenvalue weighted by Crippen LogP contribution is 2.05. The van der Waals surface area contributed by atoms with Crippen LogP contribution >= 0.6 is 0 Å². The smallest absolute Gasteiger partial charge is 0.234 e. The number of ether oxygens (including phenoxy) is 1. The molecular weight excluding hydrogens is 142 g/mol. The van der Waals surface area contributed by atoms with Gasteiger partial charge in [0, 0.05) is 6.85 Å². The molecule has 0 unspecified atom stereocenters. The molecule has 4 heteroatoms. The van der Waals surface area contributed by atoms with Crippen molar-refractivity contribution in [3.05, 3.63) is 12.4 Å². The minimum atomic E-state index is -3.22. The summed E-state index contributed by atoms with van der Waals surface area (Å²) in [5.41, 5.74) is 5.29. The van der Waals surface area contributed by atoms with E-state index in [9.17, 15) is 0 Å². The average molecular weight is 160 g/mol. The highest BCUT2D eigenvalue weighted by molar-refractivity contribution is 5.25. The van der Waals surface area contributed by atoms with Gasteiger partial charge in [-0.25, -0.2) is 0 Å². The standard InChI is InChI=1S/C7H11N3O/c1-2-3-11-7-5-9-4-6(8)10-7/h4-5H,2-3H2,1H3,(H2,8,10)/i1D3,2D2,3D2. The summed E-state index contributed by atoms with van der Waals surface area (Å²) in [6.45, 7) is -6.30. The van der Waals surface area contributed by atoms with Gasteiger partial charge in [0.1, 0.15) is 5.82 Å². The molecule has 0 spiro atoms. The fraction of sp³-hybridized carbons (Fsp3) is 0.429. The second kappa shape index (κ2) is 3.75. The van der Waals surface area contributed by atoms with Crippen molar-refractivity contribution in [2.45, 2.75) is 13.2 Å². The lowest BCUT2D eigenvalue weighted by molar-refractivity contribution is 0.304. The molecule has 60 valence electrons. The van der Waals surface area contributed by atoms with Crippen molar-refractivity contribution in [2.75, 3.05) is 12.3 Å². The maximum Gasteiger partial charge on any atom is 0.234 e. The first-order valence-electron chi connectivity index (χ1n) is 6.24. The third-order valence-electron chi connectivity index (χ3n) is 0.838. The predicted octanol–water partition coefficient (Wildman–Crippen LogP) is 0.848. The lowest BCUT2D eigenvalue weighted by atomic mass is 10.5. The number of nitrogens with two attached hydrogens (primary N) is 1. The molecule has 0 radical (unpaired) electrons. The van der Waals surface area contributed by atoms with E-state index in [2.05, 4.69) is 14.7 Å². The fourth-order valence-electron chi connectivity index (χ4n) is 0.489. The van der Waals surface area contributed by atoms with Crippen LogP contribution < -0.4 is 10.5 Å². The lowest BCUT2D eigenvalue weighted by Crippen LogP contribution is -1.99. The summed E-state index contributed by atoms with van der Waals surface area (Å²) in [6.07, 6.45) is -1.03. The average Bonchev–Trinajstić information content (AvgIpc) is 2.14. The van der Waals surface area contributed by atoms with Gasteiger partial charge in [0.25, 0.3) is 0 Å². The zero-order valence-corrected chi connectivity index (χ0v) is 5.53. The van der Waals surface area contributed by atoms with Crippen LogP contribution in [0, 0.1) is 0 Å². The SMILES string of the molecule is [2H]C([2H])([2H])C([2H])([2H])C([2H])([2H])Oc1cncc(N)n1. The van der Waals surface area contributed by atoms with E-state index >= 15 is 0 Å². The number of rotatable bonds is 3. The normalized spacial score (nSPS) is 22.7. The Morgan fingerprint density at radius 2 is 2.73 bits per heavy atom. The van der Waals surface area contributed by atoms with Crippen LogP contribution in [0.3, 0.4) is 0 Å². The number of nitrogens with zero attached hydrogens (tertiary/aromatic N) is 2. The summed E-state index contributed by atoms with van der Waals surface area (Å²) in [4.78, 5) is 7.13. The van der Waals surface area contributed by atoms with E-state index in [1.807, 2.05) is 0 Å². The molecule has 1 aromatic heterocycles. The van der Waals surface area contributed by atoms with Gasteiger partial charge in [-0.1, -0.05) is 6.85 Å². The van der Waals surface area contributed by atoms with Crippen LogP contribution in [0.25, 0.3) is 0 Å². The first-order chi connectivity index (χ1) is 7.97. The predicted molar refractivity (Wildman–Crippen MR) is 42.2 cm³/mol. The van der Waals surface area contributed by atoms with E-state index in [0.29, 0.717) is 0 Å². The first kappa shape index (κ1) is 2.62. The molecule has 1 heterocycles. The summed E-state index contributed by atoms with van der Waals surface area (Å²) in [5.74, 6) is -0.453. The molecule has 0 aliphatic heterocycles. The molecule has 0 bridgehead atoms. The van der Waals surface area contributed by atoms with Gasteiger partial charge in [-0.05, 0) is 6.37 Å². The van der Waals surface area contributed by atoms with Gasteiger partial charge in [-0.2, -0.15) is 4.98 Å². The summed E-state index contributed by atoms with van der Waals surface area (Å²) in [6, 6.07) is 0. The third-order valence-corrected chi connectivity index (χ3v) is 0.838. The third kappa shape index (κ3) is 2.41. The monoisotopic (exact) mass is 160 g/mol. The zero-order chi connectivity index (χ0) is 14.2. The largest absolute Gasteiger partial charge is 0.477 e. The molecule has 0 fully saturated rings. The number of anilines is 1. The second-order valence-corrected chi connectivity index (χ2v) is 1.61. The van der Waals surface area contributed by atoms with Crippen molar-refractivity contribution in [2.24, 2.45) is 0 Å². The molecule has 0 aliphatic rings. The van der Waals surface area contributed by atoms with E-state index in [0.717, 1.165) is 6.20 Å². The quantitative estimate of drug-likeness (QED) is 0.712. The second-order valence-electron chi connectivity index (χ2n) is 1.61. The fourth-order valence-corrected chi connectivity index (χ4v) is 0.489. The van der Waals surface area contributed by atoms with Gasteiger partial charge in [-0.15, -0.1) is 0 Å². The Morgan fingerprint density at radius 1 is 1.82 bits per heavy atom. The molecule has 1 rings (SSSR count). The molecule has 4 nitrogen and oxygen atoms in total. The van der Waals surface area contributed by atoms with Gasteiger partial charge in [0.05, 0.1) is 21.7 Å². The number of nitrogen functional groups attached to an aromatic ring is 1. The zero-order valence-electron chi connectivity index (χ0n) is 12.5. The van der Waals surface area contributed by atoms with Crippen molar-refractivity contribution in [1.29, 1.82) is 0 Å². The Hall–Kier alpha value is -1.32. The van der Waals surface area contributed by atoms with Crippen LogP contribution in [0.2, 0.25) is 0 Å². The Morgan fingerprint density at radius 3 is 3.45 bits per heavy atom. The van der Waals surface area contributed by atoms with Crippen LogP contribution in [0.5, 0.6) is 5.88 Å². The Labute approximate surface area is 75.3 Å². The maximum atomic E-state index is 7.39. The van der Waals surface area contributed by atoms with Crippen LogP contribution in [0.1, 0.15) is 22.8 Å². The van der Waals surface area contributed by atoms with Crippen molar-refractivity contribution in [1.82, 2.24) is 9.97 Å². The molecule has 0 aromatic carbocycles. The lowest BCUT2D eigenvalue weighted by Gasteiger charge is -2.01. The molecule has 0 amide bonds. The van der Waals surface area contributed by atoms with Gasteiger partial charge < -0.3 is 10.5 Å².